The zero-order valence-electron chi connectivity index (χ0n) is 43.3. The number of hydrogen-bond acceptors (Lipinski definition) is 4. The summed E-state index contributed by atoms with van der Waals surface area (Å²) < 4.78 is 34.1. The van der Waals surface area contributed by atoms with Gasteiger partial charge in [-0.05, 0) is 51.4 Å². The van der Waals surface area contributed by atoms with Crippen molar-refractivity contribution in [3.05, 3.63) is 0 Å². The van der Waals surface area contributed by atoms with Crippen molar-refractivity contribution in [1.82, 2.24) is 0 Å². The lowest BCUT2D eigenvalue weighted by molar-refractivity contribution is -0.886. The Hall–Kier alpha value is -0.210. The second kappa shape index (κ2) is 54.1. The van der Waals surface area contributed by atoms with E-state index in [0.29, 0.717) is 0 Å². The van der Waals surface area contributed by atoms with Crippen molar-refractivity contribution in [2.24, 2.45) is 0 Å². The van der Waals surface area contributed by atoms with Crippen LogP contribution in [-0.2, 0) is 10.4 Å². The van der Waals surface area contributed by atoms with Crippen molar-refractivity contribution in [1.29, 1.82) is 0 Å². The van der Waals surface area contributed by atoms with Crippen LogP contribution in [0.4, 0.5) is 0 Å². The van der Waals surface area contributed by atoms with Gasteiger partial charge in [-0.3, -0.25) is 8.42 Å². The standard InChI is InChI=1S/2C27H57N.H2O4S/c2*1-5-7-9-11-13-15-17-19-21-23-25-27(28(3)4)26-24-22-20-18-16-14-12-10-8-6-2;1-5(2,3)4/h2*27H,5-26H2,1-4H3;(H2,1,2,3,4). The third-order valence-corrected chi connectivity index (χ3v) is 13.3. The van der Waals surface area contributed by atoms with E-state index >= 15 is 0 Å². The lowest BCUT2D eigenvalue weighted by Crippen LogP contribution is -3.10. The van der Waals surface area contributed by atoms with E-state index in [4.69, 9.17) is 17.5 Å². The van der Waals surface area contributed by atoms with Gasteiger partial charge in [0.05, 0.1) is 40.3 Å². The molecule has 0 aliphatic heterocycles. The highest BCUT2D eigenvalue weighted by Crippen LogP contribution is 2.17. The molecular weight excluding hydrogens is 773 g/mol. The largest absolute Gasteiger partial charge is 0.759 e. The molecule has 0 spiro atoms. The van der Waals surface area contributed by atoms with Crippen molar-refractivity contribution in [2.75, 3.05) is 28.2 Å². The zero-order chi connectivity index (χ0) is 45.9. The third kappa shape index (κ3) is 64.2. The summed E-state index contributed by atoms with van der Waals surface area (Å²) >= 11 is 0. The molecule has 0 saturated carbocycles. The van der Waals surface area contributed by atoms with Crippen LogP contribution >= 0.6 is 0 Å². The highest BCUT2D eigenvalue weighted by atomic mass is 32.3. The molecule has 0 bridgehead atoms. The predicted octanol–water partition coefficient (Wildman–Crippen LogP) is 14.9. The van der Waals surface area contributed by atoms with Crippen molar-refractivity contribution in [2.45, 2.75) is 322 Å². The number of rotatable bonds is 46. The topological polar surface area (TPSA) is 89.1 Å². The average molecular weight is 890 g/mol. The molecule has 2 N–H and O–H groups in total. The van der Waals surface area contributed by atoms with E-state index in [1.807, 2.05) is 0 Å². The van der Waals surface area contributed by atoms with Crippen molar-refractivity contribution in [3.63, 3.8) is 0 Å². The predicted molar refractivity (Wildman–Crippen MR) is 270 cm³/mol. The normalized spacial score (nSPS) is 11.8. The van der Waals surface area contributed by atoms with Gasteiger partial charge in [-0.1, -0.05) is 259 Å². The first-order valence-electron chi connectivity index (χ1n) is 27.7. The molecule has 0 atom stereocenters. The Morgan fingerprint density at radius 2 is 0.393 bits per heavy atom. The van der Waals surface area contributed by atoms with Gasteiger partial charge >= 0.3 is 0 Å². The summed E-state index contributed by atoms with van der Waals surface area (Å²) in [6, 6.07) is 1.81. The van der Waals surface area contributed by atoms with E-state index in [0.717, 1.165) is 12.1 Å². The molecule has 61 heavy (non-hydrogen) atoms. The molecule has 0 radical (unpaired) electrons. The van der Waals surface area contributed by atoms with Gasteiger partial charge in [0.15, 0.2) is 0 Å². The molecule has 0 aromatic carbocycles. The van der Waals surface area contributed by atoms with E-state index in [9.17, 15) is 0 Å². The molecule has 0 saturated heterocycles. The SMILES string of the molecule is CCCCCCCCCCCCC(CCCCCCCCCCCC)[NH+](C)C.CCCCCCCCCCCCC(CCCCCCCCCCCC)[NH+](C)C.O=S(=O)([O-])[O-]. The highest BCUT2D eigenvalue weighted by Gasteiger charge is 2.15. The zero-order valence-corrected chi connectivity index (χ0v) is 44.1. The van der Waals surface area contributed by atoms with Gasteiger partial charge < -0.3 is 18.9 Å². The molecule has 7 heteroatoms. The molecule has 0 fully saturated rings. The lowest BCUT2D eigenvalue weighted by atomic mass is 9.99. The quantitative estimate of drug-likeness (QED) is 0.0362. The molecule has 0 unspecified atom stereocenters. The number of quaternary nitrogens is 2. The van der Waals surface area contributed by atoms with Gasteiger partial charge in [-0.15, -0.1) is 0 Å². The van der Waals surface area contributed by atoms with Crippen LogP contribution in [0.1, 0.15) is 310 Å². The monoisotopic (exact) mass is 889 g/mol. The van der Waals surface area contributed by atoms with Gasteiger partial charge in [0, 0.05) is 10.4 Å². The van der Waals surface area contributed by atoms with Gasteiger partial charge in [-0.2, -0.15) is 0 Å². The van der Waals surface area contributed by atoms with Crippen LogP contribution in [0.2, 0.25) is 0 Å². The Balaban J connectivity index is -0.000000991. The van der Waals surface area contributed by atoms with E-state index in [2.05, 4.69) is 55.9 Å². The van der Waals surface area contributed by atoms with Crippen LogP contribution in [0.5, 0.6) is 0 Å². The van der Waals surface area contributed by atoms with Crippen molar-refractivity contribution in [3.8, 4) is 0 Å². The Kier molecular flexibility index (Phi) is 57.7. The molecule has 0 heterocycles. The summed E-state index contributed by atoms with van der Waals surface area (Å²) in [5.74, 6) is 0. The summed E-state index contributed by atoms with van der Waals surface area (Å²) in [5, 5.41) is 0. The molecule has 6 nitrogen and oxygen atoms in total. The summed E-state index contributed by atoms with van der Waals surface area (Å²) in [6.07, 6.45) is 64.1. The third-order valence-electron chi connectivity index (χ3n) is 13.3. The average Bonchev–Trinajstić information content (AvgIpc) is 3.21. The molecule has 372 valence electrons. The Morgan fingerprint density at radius 1 is 0.279 bits per heavy atom. The summed E-state index contributed by atoms with van der Waals surface area (Å²) in [4.78, 5) is 3.37. The van der Waals surface area contributed by atoms with E-state index in [-0.39, 0.29) is 0 Å². The minimum absolute atomic E-state index is 0.906. The van der Waals surface area contributed by atoms with Crippen LogP contribution in [0, 0.1) is 0 Å². The smallest absolute Gasteiger partial charge is 0.0870 e. The van der Waals surface area contributed by atoms with Crippen LogP contribution in [0.15, 0.2) is 0 Å². The fraction of sp³-hybridized carbons (Fsp3) is 1.00. The number of unbranched alkanes of at least 4 members (excludes halogenated alkanes) is 36. The number of nitrogens with one attached hydrogen (secondary N) is 2. The highest BCUT2D eigenvalue weighted by molar-refractivity contribution is 7.79. The van der Waals surface area contributed by atoms with Gasteiger partial charge in [0.1, 0.15) is 0 Å². The summed E-state index contributed by atoms with van der Waals surface area (Å²) in [5.41, 5.74) is 0. The van der Waals surface area contributed by atoms with Crippen LogP contribution in [-0.4, -0.2) is 57.8 Å². The molecule has 0 aliphatic carbocycles. The maximum Gasteiger partial charge on any atom is 0.0870 e. The summed E-state index contributed by atoms with van der Waals surface area (Å²) in [6.45, 7) is 9.22. The maximum atomic E-state index is 8.52. The second-order valence-corrected chi connectivity index (χ2v) is 20.7. The number of hydrogen-bond donors (Lipinski definition) is 2. The van der Waals surface area contributed by atoms with Gasteiger partial charge in [0.2, 0.25) is 0 Å². The van der Waals surface area contributed by atoms with E-state index in [1.165, 1.54) is 283 Å². The molecule has 0 aliphatic rings. The van der Waals surface area contributed by atoms with Crippen molar-refractivity contribution < 1.29 is 27.3 Å². The molecular formula is C54H116N2O4S. The Labute approximate surface area is 386 Å². The van der Waals surface area contributed by atoms with Crippen LogP contribution < -0.4 is 9.80 Å². The van der Waals surface area contributed by atoms with E-state index < -0.39 is 10.4 Å². The molecule has 0 aromatic heterocycles. The molecule has 0 rings (SSSR count). The Bertz CT molecular complexity index is 772. The first-order chi connectivity index (χ1) is 29.4. The minimum atomic E-state index is -5.17. The minimum Gasteiger partial charge on any atom is -0.759 e. The maximum absolute atomic E-state index is 8.52. The molecule has 0 amide bonds. The Morgan fingerprint density at radius 3 is 0.508 bits per heavy atom. The first kappa shape index (κ1) is 65.1. The van der Waals surface area contributed by atoms with Crippen LogP contribution in [0.3, 0.4) is 0 Å². The first-order valence-corrected chi connectivity index (χ1v) is 29.0. The van der Waals surface area contributed by atoms with Crippen LogP contribution in [0.25, 0.3) is 0 Å². The second-order valence-electron chi connectivity index (χ2n) is 19.8. The summed E-state index contributed by atoms with van der Waals surface area (Å²) in [7, 11) is 4.32. The lowest BCUT2D eigenvalue weighted by Gasteiger charge is -2.21. The van der Waals surface area contributed by atoms with Gasteiger partial charge in [0.25, 0.3) is 0 Å². The fourth-order valence-electron chi connectivity index (χ4n) is 8.96. The van der Waals surface area contributed by atoms with Crippen molar-refractivity contribution >= 4 is 10.4 Å². The van der Waals surface area contributed by atoms with Gasteiger partial charge in [-0.25, -0.2) is 0 Å². The van der Waals surface area contributed by atoms with E-state index in [1.54, 1.807) is 9.80 Å². The fourth-order valence-corrected chi connectivity index (χ4v) is 8.96. The molecule has 0 aromatic rings.